The summed E-state index contributed by atoms with van der Waals surface area (Å²) in [5.41, 5.74) is 0. The molecule has 0 aromatic carbocycles. The molecular weight excluding hydrogens is 284 g/mol. The Morgan fingerprint density at radius 1 is 1.20 bits per heavy atom. The molecule has 0 aromatic rings. The van der Waals surface area contributed by atoms with E-state index in [1.165, 1.54) is 11.8 Å². The van der Waals surface area contributed by atoms with Crippen molar-refractivity contribution >= 4 is 25.2 Å². The maximum absolute atomic E-state index is 12.1. The molecular formula is C16H32O2SSi. The van der Waals surface area contributed by atoms with Crippen LogP contribution in [0, 0.1) is 0 Å². The van der Waals surface area contributed by atoms with Crippen molar-refractivity contribution in [1.82, 2.24) is 0 Å². The summed E-state index contributed by atoms with van der Waals surface area (Å²) in [5.74, 6) is 0. The molecule has 1 unspecified atom stereocenters. The minimum absolute atomic E-state index is 0.0332. The fourth-order valence-electron chi connectivity index (χ4n) is 1.47. The van der Waals surface area contributed by atoms with Gasteiger partial charge in [0.05, 0.1) is 6.10 Å². The molecule has 0 heterocycles. The normalized spacial score (nSPS) is 15.7. The largest absolute Gasteiger partial charge is 0.410 e. The average Bonchev–Trinajstić information content (AvgIpc) is 2.11. The van der Waals surface area contributed by atoms with Crippen LogP contribution in [0.2, 0.25) is 18.1 Å². The van der Waals surface area contributed by atoms with E-state index in [0.29, 0.717) is 6.42 Å². The van der Waals surface area contributed by atoms with Crippen molar-refractivity contribution in [2.45, 2.75) is 83.9 Å². The van der Waals surface area contributed by atoms with E-state index in [1.807, 2.05) is 19.1 Å². The predicted octanol–water partition coefficient (Wildman–Crippen LogP) is 5.40. The lowest BCUT2D eigenvalue weighted by Crippen LogP contribution is -2.44. The van der Waals surface area contributed by atoms with Gasteiger partial charge in [0.25, 0.3) is 0 Å². The molecule has 2 nitrogen and oxygen atoms in total. The Morgan fingerprint density at radius 2 is 1.70 bits per heavy atom. The molecule has 0 N–H and O–H groups in total. The van der Waals surface area contributed by atoms with Crippen molar-refractivity contribution in [3.63, 3.8) is 0 Å². The first-order valence-electron chi connectivity index (χ1n) is 7.31. The topological polar surface area (TPSA) is 26.3 Å². The Hall–Kier alpha value is -0.0631. The number of allylic oxidation sites excluding steroid dienone is 1. The van der Waals surface area contributed by atoms with E-state index >= 15 is 0 Å². The van der Waals surface area contributed by atoms with E-state index in [0.717, 1.165) is 0 Å². The van der Waals surface area contributed by atoms with E-state index < -0.39 is 8.32 Å². The molecule has 0 bridgehead atoms. The van der Waals surface area contributed by atoms with Gasteiger partial charge in [-0.1, -0.05) is 65.5 Å². The first-order valence-corrected chi connectivity index (χ1v) is 11.0. The lowest BCUT2D eigenvalue weighted by atomic mass is 10.2. The molecule has 0 aliphatic carbocycles. The molecule has 0 aliphatic rings. The maximum Gasteiger partial charge on any atom is 0.192 e. The summed E-state index contributed by atoms with van der Waals surface area (Å²) in [4.78, 5) is 12.1. The van der Waals surface area contributed by atoms with Crippen LogP contribution in [-0.2, 0) is 9.22 Å². The van der Waals surface area contributed by atoms with Gasteiger partial charge in [-0.15, -0.1) is 0 Å². The van der Waals surface area contributed by atoms with Crippen molar-refractivity contribution in [3.05, 3.63) is 12.2 Å². The number of thioether (sulfide) groups is 1. The lowest BCUT2D eigenvalue weighted by Gasteiger charge is -2.38. The molecule has 0 saturated heterocycles. The van der Waals surface area contributed by atoms with Gasteiger partial charge in [0.15, 0.2) is 13.4 Å². The molecule has 0 saturated carbocycles. The molecule has 0 rings (SSSR count). The Kier molecular flexibility index (Phi) is 7.25. The van der Waals surface area contributed by atoms with Gasteiger partial charge < -0.3 is 4.43 Å². The third-order valence-corrected chi connectivity index (χ3v) is 8.96. The first-order chi connectivity index (χ1) is 8.78. The average molecular weight is 317 g/mol. The molecule has 1 atom stereocenters. The summed E-state index contributed by atoms with van der Waals surface area (Å²) in [5, 5.41) is 0.367. The Balaban J connectivity index is 4.80. The van der Waals surface area contributed by atoms with E-state index in [9.17, 15) is 4.79 Å². The van der Waals surface area contributed by atoms with Gasteiger partial charge in [-0.2, -0.15) is 0 Å². The minimum atomic E-state index is -1.84. The zero-order chi connectivity index (χ0) is 16.2. The van der Waals surface area contributed by atoms with Gasteiger partial charge in [0.2, 0.25) is 0 Å². The third-order valence-electron chi connectivity index (χ3n) is 3.45. The van der Waals surface area contributed by atoms with Crippen molar-refractivity contribution < 1.29 is 9.22 Å². The second-order valence-electron chi connectivity index (χ2n) is 7.73. The monoisotopic (exact) mass is 316 g/mol. The summed E-state index contributed by atoms with van der Waals surface area (Å²) >= 11 is 1.41. The van der Waals surface area contributed by atoms with Crippen LogP contribution in [0.4, 0.5) is 0 Å². The van der Waals surface area contributed by atoms with Crippen LogP contribution in [0.15, 0.2) is 12.2 Å². The Bertz CT molecular complexity index is 348. The number of hydrogen-bond donors (Lipinski definition) is 0. The first kappa shape index (κ1) is 19.9. The van der Waals surface area contributed by atoms with Crippen LogP contribution >= 0.6 is 11.8 Å². The Morgan fingerprint density at radius 3 is 2.05 bits per heavy atom. The van der Waals surface area contributed by atoms with Gasteiger partial charge >= 0.3 is 0 Å². The molecule has 118 valence electrons. The fraction of sp³-hybridized carbons (Fsp3) is 0.812. The van der Waals surface area contributed by atoms with Crippen LogP contribution in [0.25, 0.3) is 0 Å². The van der Waals surface area contributed by atoms with Crippen molar-refractivity contribution in [3.8, 4) is 0 Å². The zero-order valence-corrected chi connectivity index (χ0v) is 16.5. The maximum atomic E-state index is 12.1. The SMILES string of the molecule is C/C=C/C(CC(=O)SC(C)(C)C)O[Si](C)(C)C(C)(C)C. The molecule has 0 aliphatic heterocycles. The highest BCUT2D eigenvalue weighted by molar-refractivity contribution is 8.14. The number of hydrogen-bond acceptors (Lipinski definition) is 3. The summed E-state index contributed by atoms with van der Waals surface area (Å²) in [6.45, 7) is 19.3. The predicted molar refractivity (Wildman–Crippen MR) is 93.9 cm³/mol. The quantitative estimate of drug-likeness (QED) is 0.501. The standard InChI is InChI=1S/C16H32O2SSi/c1-10-11-13(12-14(17)19-15(2,3)4)18-20(8,9)16(5,6)7/h10-11,13H,12H2,1-9H3/b11-10+. The van der Waals surface area contributed by atoms with Crippen LogP contribution in [-0.4, -0.2) is 24.3 Å². The van der Waals surface area contributed by atoms with Gasteiger partial charge in [-0.3, -0.25) is 4.79 Å². The van der Waals surface area contributed by atoms with Crippen LogP contribution in [0.3, 0.4) is 0 Å². The number of carbonyl (C=O) groups excluding carboxylic acids is 1. The van der Waals surface area contributed by atoms with E-state index in [2.05, 4.69) is 54.6 Å². The lowest BCUT2D eigenvalue weighted by molar-refractivity contribution is -0.112. The highest BCUT2D eigenvalue weighted by Crippen LogP contribution is 2.38. The Labute approximate surface area is 130 Å². The van der Waals surface area contributed by atoms with Crippen molar-refractivity contribution in [2.24, 2.45) is 0 Å². The van der Waals surface area contributed by atoms with Gasteiger partial charge in [0, 0.05) is 11.2 Å². The molecule has 0 radical (unpaired) electrons. The second-order valence-corrected chi connectivity index (χ2v) is 14.4. The summed E-state index contributed by atoms with van der Waals surface area (Å²) < 4.78 is 6.31. The molecule has 0 fully saturated rings. The fourth-order valence-corrected chi connectivity index (χ4v) is 3.67. The van der Waals surface area contributed by atoms with Crippen LogP contribution < -0.4 is 0 Å². The highest BCUT2D eigenvalue weighted by atomic mass is 32.2. The van der Waals surface area contributed by atoms with E-state index in [4.69, 9.17) is 4.43 Å². The van der Waals surface area contributed by atoms with Gasteiger partial charge in [-0.05, 0) is 25.1 Å². The van der Waals surface area contributed by atoms with Crippen molar-refractivity contribution in [1.29, 1.82) is 0 Å². The summed E-state index contributed by atoms with van der Waals surface area (Å²) in [6, 6.07) is 0. The molecule has 0 spiro atoms. The summed E-state index contributed by atoms with van der Waals surface area (Å²) in [6.07, 6.45) is 4.36. The van der Waals surface area contributed by atoms with Crippen molar-refractivity contribution in [2.75, 3.05) is 0 Å². The molecule has 0 amide bonds. The smallest absolute Gasteiger partial charge is 0.192 e. The minimum Gasteiger partial charge on any atom is -0.410 e. The summed E-state index contributed by atoms with van der Waals surface area (Å²) in [7, 11) is -1.84. The molecule has 0 aromatic heterocycles. The number of carbonyl (C=O) groups is 1. The van der Waals surface area contributed by atoms with Gasteiger partial charge in [-0.25, -0.2) is 0 Å². The van der Waals surface area contributed by atoms with Crippen LogP contribution in [0.5, 0.6) is 0 Å². The third kappa shape index (κ3) is 7.65. The number of rotatable bonds is 5. The van der Waals surface area contributed by atoms with Crippen LogP contribution in [0.1, 0.15) is 54.9 Å². The van der Waals surface area contributed by atoms with Gasteiger partial charge in [0.1, 0.15) is 0 Å². The van der Waals surface area contributed by atoms with E-state index in [1.54, 1.807) is 0 Å². The highest BCUT2D eigenvalue weighted by Gasteiger charge is 2.39. The second kappa shape index (κ2) is 7.28. The van der Waals surface area contributed by atoms with E-state index in [-0.39, 0.29) is 21.0 Å². The molecule has 4 heteroatoms. The molecule has 20 heavy (non-hydrogen) atoms. The zero-order valence-electron chi connectivity index (χ0n) is 14.7.